The number of likely N-dealkylation sites (tertiary alicyclic amines) is 1. The van der Waals surface area contributed by atoms with Gasteiger partial charge in [-0.05, 0) is 79.9 Å². The van der Waals surface area contributed by atoms with Crippen molar-refractivity contribution in [1.82, 2.24) is 20.9 Å². The Morgan fingerprint density at radius 2 is 1.73 bits per heavy atom. The number of rotatable bonds is 8. The summed E-state index contributed by atoms with van der Waals surface area (Å²) < 4.78 is 5.31. The van der Waals surface area contributed by atoms with E-state index in [1.165, 1.54) is 38.9 Å². The lowest BCUT2D eigenvalue weighted by atomic mass is 10.1. The zero-order chi connectivity index (χ0) is 19.6. The van der Waals surface area contributed by atoms with Crippen molar-refractivity contribution >= 4 is 12.1 Å². The molecular weight excluding hydrogens is 330 g/mol. The highest BCUT2D eigenvalue weighted by molar-refractivity contribution is 5.79. The number of carbonyl (C=O) groups excluding carboxylic acids is 1. The molecule has 0 aromatic heterocycles. The van der Waals surface area contributed by atoms with Gasteiger partial charge in [0.2, 0.25) is 0 Å². The minimum Gasteiger partial charge on any atom is -0.444 e. The van der Waals surface area contributed by atoms with E-state index >= 15 is 0 Å². The third-order valence-corrected chi connectivity index (χ3v) is 4.15. The smallest absolute Gasteiger partial charge is 0.408 e. The molecular formula is C19H39N5O2. The van der Waals surface area contributed by atoms with Crippen LogP contribution in [0.3, 0.4) is 0 Å². The number of hydrogen-bond acceptors (Lipinski definition) is 4. The highest BCUT2D eigenvalue weighted by atomic mass is 16.6. The van der Waals surface area contributed by atoms with Crippen LogP contribution in [-0.2, 0) is 4.74 Å². The van der Waals surface area contributed by atoms with Crippen molar-refractivity contribution in [2.75, 3.05) is 39.8 Å². The Balaban J connectivity index is 2.21. The van der Waals surface area contributed by atoms with E-state index in [1.54, 1.807) is 7.05 Å². The maximum atomic E-state index is 11.9. The van der Waals surface area contributed by atoms with Gasteiger partial charge in [0.25, 0.3) is 0 Å². The van der Waals surface area contributed by atoms with Crippen molar-refractivity contribution in [2.24, 2.45) is 4.99 Å². The number of nitrogens with zero attached hydrogens (tertiary/aromatic N) is 2. The van der Waals surface area contributed by atoms with Crippen LogP contribution in [0.15, 0.2) is 4.99 Å². The number of ether oxygens (including phenoxy) is 1. The van der Waals surface area contributed by atoms with Crippen molar-refractivity contribution in [2.45, 2.75) is 71.4 Å². The Morgan fingerprint density at radius 1 is 1.08 bits per heavy atom. The van der Waals surface area contributed by atoms with Crippen LogP contribution in [-0.4, -0.2) is 67.9 Å². The highest BCUT2D eigenvalue weighted by Crippen LogP contribution is 2.09. The Bertz CT molecular complexity index is 451. The topological polar surface area (TPSA) is 78.0 Å². The lowest BCUT2D eigenvalue weighted by Crippen LogP contribution is -2.54. The Labute approximate surface area is 159 Å². The molecule has 0 atom stereocenters. The van der Waals surface area contributed by atoms with E-state index in [9.17, 15) is 4.79 Å². The van der Waals surface area contributed by atoms with Crippen LogP contribution in [0.2, 0.25) is 0 Å². The molecule has 0 radical (unpaired) electrons. The Kier molecular flexibility index (Phi) is 9.19. The molecule has 152 valence electrons. The maximum Gasteiger partial charge on any atom is 0.408 e. The minimum absolute atomic E-state index is 0.408. The van der Waals surface area contributed by atoms with Gasteiger partial charge >= 0.3 is 6.09 Å². The average Bonchev–Trinajstić information content (AvgIpc) is 3.00. The molecule has 0 aromatic carbocycles. The quantitative estimate of drug-likeness (QED) is 0.348. The number of amides is 1. The van der Waals surface area contributed by atoms with Crippen LogP contribution < -0.4 is 16.0 Å². The molecule has 1 aliphatic rings. The monoisotopic (exact) mass is 369 g/mol. The van der Waals surface area contributed by atoms with Crippen molar-refractivity contribution in [3.8, 4) is 0 Å². The van der Waals surface area contributed by atoms with Gasteiger partial charge in [-0.1, -0.05) is 0 Å². The number of alkyl carbamates (subject to hydrolysis) is 1. The van der Waals surface area contributed by atoms with Crippen LogP contribution in [0.25, 0.3) is 0 Å². The summed E-state index contributed by atoms with van der Waals surface area (Å²) in [4.78, 5) is 18.7. The van der Waals surface area contributed by atoms with Gasteiger partial charge in [0, 0.05) is 20.1 Å². The molecule has 1 fully saturated rings. The second kappa shape index (κ2) is 10.6. The molecule has 26 heavy (non-hydrogen) atoms. The molecule has 3 N–H and O–H groups in total. The second-order valence-electron chi connectivity index (χ2n) is 8.62. The van der Waals surface area contributed by atoms with Gasteiger partial charge in [-0.3, -0.25) is 4.99 Å². The number of unbranched alkanes of at least 4 members (excludes halogenated alkanes) is 1. The molecule has 1 amide bonds. The van der Waals surface area contributed by atoms with Gasteiger partial charge in [-0.25, -0.2) is 4.79 Å². The van der Waals surface area contributed by atoms with E-state index in [1.807, 2.05) is 34.6 Å². The number of hydrogen-bond donors (Lipinski definition) is 3. The summed E-state index contributed by atoms with van der Waals surface area (Å²) in [5.74, 6) is 0.755. The summed E-state index contributed by atoms with van der Waals surface area (Å²) >= 11 is 0. The Morgan fingerprint density at radius 3 is 2.31 bits per heavy atom. The van der Waals surface area contributed by atoms with Gasteiger partial charge in [0.05, 0.1) is 5.54 Å². The summed E-state index contributed by atoms with van der Waals surface area (Å²) in [7, 11) is 1.76. The molecule has 0 aromatic rings. The average molecular weight is 370 g/mol. The zero-order valence-electron chi connectivity index (χ0n) is 17.6. The Hall–Kier alpha value is -1.50. The fraction of sp³-hybridized carbons (Fsp3) is 0.895. The normalized spacial score (nSPS) is 16.5. The van der Waals surface area contributed by atoms with Gasteiger partial charge in [0.1, 0.15) is 5.60 Å². The largest absolute Gasteiger partial charge is 0.444 e. The summed E-state index contributed by atoms with van der Waals surface area (Å²) in [6.07, 6.45) is 4.62. The SMILES string of the molecule is CN=C(NCCCCN1CCCC1)NCC(C)(C)NC(=O)OC(C)(C)C. The van der Waals surface area contributed by atoms with Crippen LogP contribution in [0.5, 0.6) is 0 Å². The van der Waals surface area contributed by atoms with E-state index in [2.05, 4.69) is 25.8 Å². The lowest BCUT2D eigenvalue weighted by molar-refractivity contribution is 0.0474. The molecule has 0 aliphatic carbocycles. The number of carbonyl (C=O) groups is 1. The first-order valence-corrected chi connectivity index (χ1v) is 9.79. The molecule has 7 nitrogen and oxygen atoms in total. The van der Waals surface area contributed by atoms with E-state index in [-0.39, 0.29) is 0 Å². The molecule has 1 aliphatic heterocycles. The number of guanidine groups is 1. The van der Waals surface area contributed by atoms with Crippen molar-refractivity contribution in [3.05, 3.63) is 0 Å². The second-order valence-corrected chi connectivity index (χ2v) is 8.62. The van der Waals surface area contributed by atoms with E-state index < -0.39 is 17.2 Å². The van der Waals surface area contributed by atoms with E-state index in [4.69, 9.17) is 4.74 Å². The summed E-state index contributed by atoms with van der Waals surface area (Å²) in [5, 5.41) is 9.49. The van der Waals surface area contributed by atoms with Crippen LogP contribution in [0.1, 0.15) is 60.3 Å². The summed E-state index contributed by atoms with van der Waals surface area (Å²) in [6.45, 7) is 14.6. The summed E-state index contributed by atoms with van der Waals surface area (Å²) in [5.41, 5.74) is -0.948. The first-order chi connectivity index (χ1) is 12.1. The van der Waals surface area contributed by atoms with Gasteiger partial charge in [-0.15, -0.1) is 0 Å². The van der Waals surface area contributed by atoms with Crippen molar-refractivity contribution < 1.29 is 9.53 Å². The van der Waals surface area contributed by atoms with Crippen LogP contribution in [0, 0.1) is 0 Å². The van der Waals surface area contributed by atoms with Crippen molar-refractivity contribution in [3.63, 3.8) is 0 Å². The molecule has 0 spiro atoms. The highest BCUT2D eigenvalue weighted by Gasteiger charge is 2.24. The summed E-state index contributed by atoms with van der Waals surface area (Å²) in [6, 6.07) is 0. The van der Waals surface area contributed by atoms with E-state index in [0.717, 1.165) is 18.9 Å². The predicted molar refractivity (Wildman–Crippen MR) is 108 cm³/mol. The molecule has 0 unspecified atom stereocenters. The minimum atomic E-state index is -0.500. The molecule has 1 saturated heterocycles. The molecule has 7 heteroatoms. The number of nitrogens with one attached hydrogen (secondary N) is 3. The zero-order valence-corrected chi connectivity index (χ0v) is 17.6. The van der Waals surface area contributed by atoms with E-state index in [0.29, 0.717) is 6.54 Å². The molecule has 1 rings (SSSR count). The maximum absolute atomic E-state index is 11.9. The van der Waals surface area contributed by atoms with Crippen LogP contribution >= 0.6 is 0 Å². The third-order valence-electron chi connectivity index (χ3n) is 4.15. The van der Waals surface area contributed by atoms with Gasteiger partial charge < -0.3 is 25.6 Å². The fourth-order valence-corrected chi connectivity index (χ4v) is 2.82. The molecule has 1 heterocycles. The predicted octanol–water partition coefficient (Wildman–Crippen LogP) is 2.33. The molecule has 0 bridgehead atoms. The first-order valence-electron chi connectivity index (χ1n) is 9.79. The first kappa shape index (κ1) is 22.5. The standard InChI is InChI=1S/C19H39N5O2/c1-18(2,3)26-17(25)23-19(4,5)15-22-16(20-6)21-11-7-8-12-24-13-9-10-14-24/h7-15H2,1-6H3,(H,23,25)(H2,20,21,22). The molecule has 0 saturated carbocycles. The van der Waals surface area contributed by atoms with Gasteiger partial charge in [0.15, 0.2) is 5.96 Å². The van der Waals surface area contributed by atoms with Crippen molar-refractivity contribution in [1.29, 1.82) is 0 Å². The lowest BCUT2D eigenvalue weighted by Gasteiger charge is -2.29. The fourth-order valence-electron chi connectivity index (χ4n) is 2.82. The van der Waals surface area contributed by atoms with Crippen LogP contribution in [0.4, 0.5) is 4.79 Å². The van der Waals surface area contributed by atoms with Gasteiger partial charge in [-0.2, -0.15) is 0 Å². The number of aliphatic imine (C=N–C) groups is 1. The third kappa shape index (κ3) is 10.5.